The topological polar surface area (TPSA) is 54.8 Å². The number of carbonyl (C=O) groups excluding carboxylic acids is 2. The summed E-state index contributed by atoms with van der Waals surface area (Å²) in [4.78, 5) is 27.5. The van der Waals surface area contributed by atoms with Crippen LogP contribution in [0.3, 0.4) is 0 Å². The number of hydrogen-bond acceptors (Lipinski definition) is 4. The molecule has 0 saturated carbocycles. The van der Waals surface area contributed by atoms with Crippen molar-refractivity contribution in [2.45, 2.75) is 6.54 Å². The predicted octanol–water partition coefficient (Wildman–Crippen LogP) is 3.26. The van der Waals surface area contributed by atoms with Gasteiger partial charge in [-0.2, -0.15) is 0 Å². The van der Waals surface area contributed by atoms with Crippen LogP contribution in [0.1, 0.15) is 11.1 Å². The number of thiocarbonyl (C=S) groups is 1. The van der Waals surface area contributed by atoms with Gasteiger partial charge in [-0.1, -0.05) is 48.5 Å². The fraction of sp³-hybridized carbons (Fsp3) is 0.174. The maximum absolute atomic E-state index is 12.9. The molecule has 0 spiro atoms. The highest BCUT2D eigenvalue weighted by Crippen LogP contribution is 2.28. The van der Waals surface area contributed by atoms with E-state index in [2.05, 4.69) is 27.5 Å². The van der Waals surface area contributed by atoms with Crippen molar-refractivity contribution in [3.05, 3.63) is 77.6 Å². The molecule has 2 heterocycles. The molecular formula is C23H21N3O3S. The SMILES string of the molecule is COC(=O)CN1C(=O)/C(=C/c2cn(Cc3ccccc3)c3ccccc23)N(C)C1=S. The Morgan fingerprint density at radius 2 is 1.80 bits per heavy atom. The fourth-order valence-electron chi connectivity index (χ4n) is 3.59. The molecule has 3 aromatic rings. The van der Waals surface area contributed by atoms with Crippen LogP contribution >= 0.6 is 12.2 Å². The number of carbonyl (C=O) groups is 2. The van der Waals surface area contributed by atoms with Gasteiger partial charge >= 0.3 is 5.97 Å². The first-order valence-corrected chi connectivity index (χ1v) is 9.90. The molecule has 30 heavy (non-hydrogen) atoms. The lowest BCUT2D eigenvalue weighted by Gasteiger charge is -2.14. The molecule has 6 nitrogen and oxygen atoms in total. The molecule has 0 radical (unpaired) electrons. The fourth-order valence-corrected chi connectivity index (χ4v) is 3.84. The van der Waals surface area contributed by atoms with Crippen molar-refractivity contribution in [1.29, 1.82) is 0 Å². The van der Waals surface area contributed by atoms with Gasteiger partial charge in [0.1, 0.15) is 12.2 Å². The van der Waals surface area contributed by atoms with Crippen molar-refractivity contribution in [1.82, 2.24) is 14.4 Å². The number of amides is 1. The number of hydrogen-bond donors (Lipinski definition) is 0. The van der Waals surface area contributed by atoms with Gasteiger partial charge in [0.2, 0.25) is 0 Å². The van der Waals surface area contributed by atoms with Crippen molar-refractivity contribution in [3.8, 4) is 0 Å². The molecule has 152 valence electrons. The molecule has 1 aliphatic heterocycles. The van der Waals surface area contributed by atoms with Gasteiger partial charge in [-0.05, 0) is 29.9 Å². The summed E-state index contributed by atoms with van der Waals surface area (Å²) in [7, 11) is 3.01. The molecule has 0 N–H and O–H groups in total. The van der Waals surface area contributed by atoms with E-state index in [1.807, 2.05) is 48.7 Å². The second-order valence-electron chi connectivity index (χ2n) is 7.05. The molecule has 0 unspecified atom stereocenters. The van der Waals surface area contributed by atoms with Crippen molar-refractivity contribution >= 4 is 46.2 Å². The van der Waals surface area contributed by atoms with Gasteiger partial charge in [-0.25, -0.2) is 0 Å². The molecule has 2 aromatic carbocycles. The first kappa shape index (κ1) is 19.8. The Hall–Kier alpha value is -3.45. The summed E-state index contributed by atoms with van der Waals surface area (Å²) in [5, 5.41) is 1.32. The molecule has 7 heteroatoms. The van der Waals surface area contributed by atoms with Gasteiger partial charge in [0.25, 0.3) is 5.91 Å². The number of ether oxygens (including phenoxy) is 1. The first-order valence-electron chi connectivity index (χ1n) is 9.49. The van der Waals surface area contributed by atoms with Gasteiger partial charge in [0, 0.05) is 36.3 Å². The van der Waals surface area contributed by atoms with E-state index < -0.39 is 5.97 Å². The summed E-state index contributed by atoms with van der Waals surface area (Å²) in [5.74, 6) is -0.826. The summed E-state index contributed by atoms with van der Waals surface area (Å²) < 4.78 is 6.85. The minimum atomic E-state index is -0.514. The van der Waals surface area contributed by atoms with Crippen molar-refractivity contribution in [2.24, 2.45) is 0 Å². The number of likely N-dealkylation sites (N-methyl/N-ethyl adjacent to an activating group) is 1. The molecular weight excluding hydrogens is 398 g/mol. The lowest BCUT2D eigenvalue weighted by atomic mass is 10.1. The normalized spacial score (nSPS) is 15.5. The summed E-state index contributed by atoms with van der Waals surface area (Å²) in [6.45, 7) is 0.521. The van der Waals surface area contributed by atoms with E-state index in [1.54, 1.807) is 11.9 Å². The van der Waals surface area contributed by atoms with E-state index in [9.17, 15) is 9.59 Å². The lowest BCUT2D eigenvalue weighted by molar-refractivity contribution is -0.143. The highest BCUT2D eigenvalue weighted by atomic mass is 32.1. The number of benzene rings is 2. The molecule has 0 aliphatic carbocycles. The van der Waals surface area contributed by atoms with Gasteiger partial charge < -0.3 is 14.2 Å². The largest absolute Gasteiger partial charge is 0.468 e. The Kier molecular flexibility index (Phi) is 5.37. The Labute approximate surface area is 179 Å². The lowest BCUT2D eigenvalue weighted by Crippen LogP contribution is -2.36. The average molecular weight is 420 g/mol. The molecule has 4 rings (SSSR count). The number of rotatable bonds is 5. The third kappa shape index (κ3) is 3.59. The summed E-state index contributed by atoms with van der Waals surface area (Å²) in [5.41, 5.74) is 3.61. The van der Waals surface area contributed by atoms with Gasteiger partial charge in [0.05, 0.1) is 7.11 Å². The third-order valence-electron chi connectivity index (χ3n) is 5.17. The van der Waals surface area contributed by atoms with Crippen LogP contribution in [0.5, 0.6) is 0 Å². The standard InChI is InChI=1S/C23H21N3O3S/c1-24-20(22(28)26(23(24)30)15-21(27)29-2)12-17-14-25(13-16-8-4-3-5-9-16)19-11-7-6-10-18(17)19/h3-12,14H,13,15H2,1-2H3/b20-12-. The molecule has 1 aromatic heterocycles. The van der Waals surface area contributed by atoms with Crippen LogP contribution < -0.4 is 0 Å². The van der Waals surface area contributed by atoms with Crippen molar-refractivity contribution < 1.29 is 14.3 Å². The summed E-state index contributed by atoms with van der Waals surface area (Å²) >= 11 is 5.36. The number of aromatic nitrogens is 1. The van der Waals surface area contributed by atoms with Crippen LogP contribution in [0.25, 0.3) is 17.0 Å². The molecule has 0 bridgehead atoms. The number of nitrogens with zero attached hydrogens (tertiary/aromatic N) is 3. The first-order chi connectivity index (χ1) is 14.5. The van der Waals surface area contributed by atoms with E-state index in [-0.39, 0.29) is 17.6 Å². The van der Waals surface area contributed by atoms with Gasteiger partial charge in [-0.3, -0.25) is 14.5 Å². The molecule has 1 amide bonds. The van der Waals surface area contributed by atoms with Crippen LogP contribution in [-0.2, 0) is 20.9 Å². The monoisotopic (exact) mass is 419 g/mol. The van der Waals surface area contributed by atoms with Crippen molar-refractivity contribution in [3.63, 3.8) is 0 Å². The average Bonchev–Trinajstić information content (AvgIpc) is 3.20. The molecule has 1 fully saturated rings. The summed E-state index contributed by atoms with van der Waals surface area (Å²) in [6.07, 6.45) is 3.87. The predicted molar refractivity (Wildman–Crippen MR) is 120 cm³/mol. The molecule has 0 atom stereocenters. The number of esters is 1. The summed E-state index contributed by atoms with van der Waals surface area (Å²) in [6, 6.07) is 18.3. The van der Waals surface area contributed by atoms with Crippen molar-refractivity contribution in [2.75, 3.05) is 20.7 Å². The van der Waals surface area contributed by atoms with E-state index >= 15 is 0 Å². The van der Waals surface area contributed by atoms with E-state index in [0.29, 0.717) is 5.70 Å². The Morgan fingerprint density at radius 1 is 1.10 bits per heavy atom. The van der Waals surface area contributed by atoms with Crippen LogP contribution in [0.4, 0.5) is 0 Å². The van der Waals surface area contributed by atoms with Gasteiger partial charge in [0.15, 0.2) is 5.11 Å². The Balaban J connectivity index is 1.73. The minimum Gasteiger partial charge on any atom is -0.468 e. The van der Waals surface area contributed by atoms with E-state index in [1.165, 1.54) is 17.6 Å². The zero-order chi connectivity index (χ0) is 21.3. The smallest absolute Gasteiger partial charge is 0.325 e. The van der Waals surface area contributed by atoms with Gasteiger partial charge in [-0.15, -0.1) is 0 Å². The quantitative estimate of drug-likeness (QED) is 0.361. The zero-order valence-corrected chi connectivity index (χ0v) is 17.6. The molecule has 1 aliphatic rings. The Bertz CT molecular complexity index is 1170. The maximum atomic E-state index is 12.9. The van der Waals surface area contributed by atoms with Crippen LogP contribution in [0.2, 0.25) is 0 Å². The second kappa shape index (κ2) is 8.12. The maximum Gasteiger partial charge on any atom is 0.325 e. The van der Waals surface area contributed by atoms with Crippen LogP contribution in [0.15, 0.2) is 66.5 Å². The zero-order valence-electron chi connectivity index (χ0n) is 16.7. The molecule has 1 saturated heterocycles. The van der Waals surface area contributed by atoms with Crippen LogP contribution in [0, 0.1) is 0 Å². The number of methoxy groups -OCH3 is 1. The second-order valence-corrected chi connectivity index (χ2v) is 7.42. The van der Waals surface area contributed by atoms with E-state index in [4.69, 9.17) is 12.2 Å². The number of fused-ring (bicyclic) bond motifs is 1. The Morgan fingerprint density at radius 3 is 2.53 bits per heavy atom. The highest BCUT2D eigenvalue weighted by Gasteiger charge is 2.37. The number of para-hydroxylation sites is 1. The minimum absolute atomic E-state index is 0.203. The highest BCUT2D eigenvalue weighted by molar-refractivity contribution is 7.80. The third-order valence-corrected chi connectivity index (χ3v) is 5.66. The van der Waals surface area contributed by atoms with Crippen LogP contribution in [-0.4, -0.2) is 52.1 Å². The van der Waals surface area contributed by atoms with E-state index in [0.717, 1.165) is 23.0 Å².